The van der Waals surface area contributed by atoms with Crippen molar-refractivity contribution in [3.05, 3.63) is 12.3 Å². The van der Waals surface area contributed by atoms with E-state index in [9.17, 15) is 0 Å². The molecule has 0 radical (unpaired) electrons. The summed E-state index contributed by atoms with van der Waals surface area (Å²) in [5.41, 5.74) is 0. The first kappa shape index (κ1) is 7.56. The average molecular weight is 130 g/mol. The minimum Gasteiger partial charge on any atom is -0.264 e. The van der Waals surface area contributed by atoms with Crippen molar-refractivity contribution in [3.63, 3.8) is 0 Å². The summed E-state index contributed by atoms with van der Waals surface area (Å²) in [4.78, 5) is 0. The molecule has 0 aliphatic rings. The van der Waals surface area contributed by atoms with E-state index >= 15 is 0 Å². The van der Waals surface area contributed by atoms with Gasteiger partial charge in [-0.3, -0.25) is 5.01 Å². The van der Waals surface area contributed by atoms with Crippen molar-refractivity contribution < 1.29 is 0 Å². The number of rotatable bonds is 3. The van der Waals surface area contributed by atoms with Gasteiger partial charge in [-0.05, 0) is 6.92 Å². The molecule has 0 N–H and O–H groups in total. The van der Waals surface area contributed by atoms with Crippen molar-refractivity contribution in [1.82, 2.24) is 5.01 Å². The zero-order valence-corrected chi connectivity index (χ0v) is 5.80. The second-order valence-electron chi connectivity index (χ2n) is 1.20. The number of hydrazone groups is 1. The lowest BCUT2D eigenvalue weighted by atomic mass is 10.7. The van der Waals surface area contributed by atoms with Crippen LogP contribution in [0.4, 0.5) is 0 Å². The highest BCUT2D eigenvalue weighted by Gasteiger charge is 1.83. The lowest BCUT2D eigenvalue weighted by molar-refractivity contribution is 0.477. The minimum absolute atomic E-state index is 0.577. The van der Waals surface area contributed by atoms with Gasteiger partial charge in [-0.25, -0.2) is 0 Å². The highest BCUT2D eigenvalue weighted by atomic mass is 32.1. The maximum Gasteiger partial charge on any atom is 0.0833 e. The normalized spacial score (nSPS) is 9.75. The fourth-order valence-corrected chi connectivity index (χ4v) is 0.495. The molecule has 0 aromatic heterocycles. The molecule has 0 saturated carbocycles. The fraction of sp³-hybridized carbons (Fsp3) is 0.400. The third-order valence-corrected chi connectivity index (χ3v) is 0.937. The van der Waals surface area contributed by atoms with Crippen molar-refractivity contribution in [1.29, 1.82) is 0 Å². The number of thiol groups is 1. The molecule has 0 aromatic rings. The van der Waals surface area contributed by atoms with E-state index in [2.05, 4.69) is 24.4 Å². The summed E-state index contributed by atoms with van der Waals surface area (Å²) < 4.78 is 0. The molecule has 3 heteroatoms. The van der Waals surface area contributed by atoms with Gasteiger partial charge in [-0.15, -0.1) is 0 Å². The van der Waals surface area contributed by atoms with Crippen LogP contribution in [0.1, 0.15) is 6.92 Å². The molecule has 0 heterocycles. The van der Waals surface area contributed by atoms with Crippen LogP contribution in [0.15, 0.2) is 17.4 Å². The molecule has 0 unspecified atom stereocenters. The van der Waals surface area contributed by atoms with Crippen LogP contribution in [0, 0.1) is 0 Å². The molecular formula is C5H10N2S. The summed E-state index contributed by atoms with van der Waals surface area (Å²) in [6.07, 6.45) is 3.69. The van der Waals surface area contributed by atoms with Gasteiger partial charge in [0.25, 0.3) is 0 Å². The van der Waals surface area contributed by atoms with E-state index in [0.717, 1.165) is 0 Å². The molecule has 0 rings (SSSR count). The van der Waals surface area contributed by atoms with Crippen LogP contribution in [0.3, 0.4) is 0 Å². The van der Waals surface area contributed by atoms with E-state index in [0.29, 0.717) is 5.88 Å². The van der Waals surface area contributed by atoms with Gasteiger partial charge in [0.05, 0.1) is 5.88 Å². The smallest absolute Gasteiger partial charge is 0.0833 e. The van der Waals surface area contributed by atoms with Crippen LogP contribution >= 0.6 is 12.6 Å². The van der Waals surface area contributed by atoms with E-state index < -0.39 is 0 Å². The SMILES string of the molecule is C=NN(C=CC)CS. The lowest BCUT2D eigenvalue weighted by Gasteiger charge is -2.06. The van der Waals surface area contributed by atoms with Crippen LogP contribution in [-0.4, -0.2) is 17.6 Å². The average Bonchev–Trinajstić information content (AvgIpc) is 1.83. The summed E-state index contributed by atoms with van der Waals surface area (Å²) >= 11 is 3.97. The predicted octanol–water partition coefficient (Wildman–Crippen LogP) is 1.32. The number of nitrogens with zero attached hydrogens (tertiary/aromatic N) is 2. The van der Waals surface area contributed by atoms with Gasteiger partial charge in [-0.2, -0.15) is 17.7 Å². The number of hydrogen-bond acceptors (Lipinski definition) is 3. The van der Waals surface area contributed by atoms with Gasteiger partial charge >= 0.3 is 0 Å². The molecule has 0 amide bonds. The molecule has 8 heavy (non-hydrogen) atoms. The quantitative estimate of drug-likeness (QED) is 0.264. The Hall–Kier alpha value is -0.440. The molecule has 0 atom stereocenters. The van der Waals surface area contributed by atoms with E-state index in [1.165, 1.54) is 0 Å². The fourth-order valence-electron chi connectivity index (χ4n) is 0.311. The molecule has 0 aromatic carbocycles. The molecule has 0 fully saturated rings. The van der Waals surface area contributed by atoms with E-state index in [1.54, 1.807) is 11.2 Å². The maximum absolute atomic E-state index is 3.97. The van der Waals surface area contributed by atoms with Crippen LogP contribution in [0.2, 0.25) is 0 Å². The van der Waals surface area contributed by atoms with Gasteiger partial charge in [-0.1, -0.05) is 6.08 Å². The van der Waals surface area contributed by atoms with Gasteiger partial charge in [0.2, 0.25) is 0 Å². The zero-order chi connectivity index (χ0) is 6.41. The molecular weight excluding hydrogens is 120 g/mol. The molecule has 46 valence electrons. The molecule has 2 nitrogen and oxygen atoms in total. The summed E-state index contributed by atoms with van der Waals surface area (Å²) in [7, 11) is 0. The Bertz CT molecular complexity index is 90.4. The van der Waals surface area contributed by atoms with Crippen molar-refractivity contribution in [3.8, 4) is 0 Å². The Kier molecular flexibility index (Phi) is 4.45. The summed E-state index contributed by atoms with van der Waals surface area (Å²) in [6.45, 7) is 5.24. The van der Waals surface area contributed by atoms with Gasteiger partial charge < -0.3 is 0 Å². The lowest BCUT2D eigenvalue weighted by Crippen LogP contribution is -2.04. The van der Waals surface area contributed by atoms with Gasteiger partial charge in [0.15, 0.2) is 0 Å². The van der Waals surface area contributed by atoms with Crippen LogP contribution < -0.4 is 0 Å². The maximum atomic E-state index is 3.97. The third kappa shape index (κ3) is 2.69. The first-order chi connectivity index (χ1) is 3.85. The molecule has 0 aliphatic carbocycles. The zero-order valence-electron chi connectivity index (χ0n) is 4.91. The monoisotopic (exact) mass is 130 g/mol. The van der Waals surface area contributed by atoms with Gasteiger partial charge in [0.1, 0.15) is 0 Å². The van der Waals surface area contributed by atoms with Crippen molar-refractivity contribution in [2.45, 2.75) is 6.92 Å². The standard InChI is InChI=1S/C5H10N2S/c1-3-4-7(5-8)6-2/h3-4,8H,2,5H2,1H3. The highest BCUT2D eigenvalue weighted by molar-refractivity contribution is 7.80. The Balaban J connectivity index is 3.52. The topological polar surface area (TPSA) is 15.6 Å². The molecule has 0 saturated heterocycles. The Labute approximate surface area is 55.3 Å². The van der Waals surface area contributed by atoms with E-state index in [-0.39, 0.29) is 0 Å². The van der Waals surface area contributed by atoms with Crippen molar-refractivity contribution in [2.75, 3.05) is 5.88 Å². The predicted molar refractivity (Wildman–Crippen MR) is 40.1 cm³/mol. The van der Waals surface area contributed by atoms with E-state index in [1.807, 2.05) is 13.0 Å². The first-order valence-electron chi connectivity index (χ1n) is 2.32. The van der Waals surface area contributed by atoms with E-state index in [4.69, 9.17) is 0 Å². The summed E-state index contributed by atoms with van der Waals surface area (Å²) in [6, 6.07) is 0. The van der Waals surface area contributed by atoms with Crippen LogP contribution in [0.5, 0.6) is 0 Å². The minimum atomic E-state index is 0.577. The first-order valence-corrected chi connectivity index (χ1v) is 2.95. The van der Waals surface area contributed by atoms with Crippen molar-refractivity contribution in [2.24, 2.45) is 5.10 Å². The second-order valence-corrected chi connectivity index (χ2v) is 1.49. The molecule has 0 aliphatic heterocycles. The van der Waals surface area contributed by atoms with Crippen LogP contribution in [-0.2, 0) is 0 Å². The largest absolute Gasteiger partial charge is 0.264 e. The summed E-state index contributed by atoms with van der Waals surface area (Å²) in [5, 5.41) is 5.24. The van der Waals surface area contributed by atoms with Crippen LogP contribution in [0.25, 0.3) is 0 Å². The second kappa shape index (κ2) is 4.71. The summed E-state index contributed by atoms with van der Waals surface area (Å²) in [5.74, 6) is 0.577. The highest BCUT2D eigenvalue weighted by Crippen LogP contribution is 1.90. The molecule has 0 bridgehead atoms. The third-order valence-electron chi connectivity index (χ3n) is 0.648. The Morgan fingerprint density at radius 1 is 1.88 bits per heavy atom. The number of hydrogen-bond donors (Lipinski definition) is 1. The number of allylic oxidation sites excluding steroid dienone is 1. The van der Waals surface area contributed by atoms with Crippen molar-refractivity contribution >= 4 is 19.3 Å². The Morgan fingerprint density at radius 2 is 2.50 bits per heavy atom. The van der Waals surface area contributed by atoms with Gasteiger partial charge in [0, 0.05) is 12.9 Å². The Morgan fingerprint density at radius 3 is 2.62 bits per heavy atom. The molecule has 0 spiro atoms.